The van der Waals surface area contributed by atoms with Gasteiger partial charge in [-0.2, -0.15) is 0 Å². The smallest absolute Gasteiger partial charge is 0.148 e. The molecule has 0 heterocycles. The second kappa shape index (κ2) is 8.13. The highest BCUT2D eigenvalue weighted by atomic mass is 35.5. The predicted molar refractivity (Wildman–Crippen MR) is 113 cm³/mol. The van der Waals surface area contributed by atoms with Crippen molar-refractivity contribution < 1.29 is 9.47 Å². The van der Waals surface area contributed by atoms with E-state index >= 15 is 0 Å². The quantitative estimate of drug-likeness (QED) is 0.388. The van der Waals surface area contributed by atoms with Crippen molar-refractivity contribution in [1.82, 2.24) is 0 Å². The number of rotatable bonds is 4. The molecule has 0 atom stereocenters. The zero-order valence-electron chi connectivity index (χ0n) is 13.4. The molecular formula is C18H11Cl5N2O2. The molecule has 27 heavy (non-hydrogen) atoms. The highest BCUT2D eigenvalue weighted by molar-refractivity contribution is 6.40. The van der Waals surface area contributed by atoms with Gasteiger partial charge in [-0.25, -0.2) is 0 Å². The van der Waals surface area contributed by atoms with Gasteiger partial charge in [0.1, 0.15) is 33.0 Å². The molecule has 0 radical (unpaired) electrons. The molecule has 0 saturated carbocycles. The summed E-state index contributed by atoms with van der Waals surface area (Å²) in [5.41, 5.74) is 12.1. The molecule has 4 nitrogen and oxygen atoms in total. The minimum atomic E-state index is 0.193. The van der Waals surface area contributed by atoms with Gasteiger partial charge < -0.3 is 20.9 Å². The van der Waals surface area contributed by atoms with E-state index < -0.39 is 0 Å². The van der Waals surface area contributed by atoms with Gasteiger partial charge in [0.2, 0.25) is 0 Å². The molecule has 0 unspecified atom stereocenters. The fourth-order valence-electron chi connectivity index (χ4n) is 2.17. The number of hydrogen-bond acceptors (Lipinski definition) is 4. The first-order valence-electron chi connectivity index (χ1n) is 7.39. The van der Waals surface area contributed by atoms with Crippen molar-refractivity contribution in [1.29, 1.82) is 0 Å². The Morgan fingerprint density at radius 1 is 0.593 bits per heavy atom. The van der Waals surface area contributed by atoms with Gasteiger partial charge in [-0.1, -0.05) is 58.0 Å². The molecule has 0 spiro atoms. The van der Waals surface area contributed by atoms with Crippen LogP contribution in [0.25, 0.3) is 0 Å². The highest BCUT2D eigenvalue weighted by Crippen LogP contribution is 2.41. The van der Waals surface area contributed by atoms with Gasteiger partial charge in [0.25, 0.3) is 0 Å². The summed E-state index contributed by atoms with van der Waals surface area (Å²) in [5.74, 6) is 1.39. The summed E-state index contributed by atoms with van der Waals surface area (Å²) in [6.45, 7) is 0. The Kier molecular flexibility index (Phi) is 6.04. The van der Waals surface area contributed by atoms with Crippen LogP contribution >= 0.6 is 58.0 Å². The van der Waals surface area contributed by atoms with Gasteiger partial charge >= 0.3 is 0 Å². The molecule has 0 aliphatic carbocycles. The Hall–Kier alpha value is -1.69. The Morgan fingerprint density at radius 3 is 1.41 bits per heavy atom. The van der Waals surface area contributed by atoms with Crippen molar-refractivity contribution in [2.45, 2.75) is 0 Å². The molecule has 0 amide bonds. The van der Waals surface area contributed by atoms with Crippen LogP contribution in [0.5, 0.6) is 23.0 Å². The number of benzene rings is 3. The average Bonchev–Trinajstić information content (AvgIpc) is 2.62. The lowest BCUT2D eigenvalue weighted by Gasteiger charge is -2.13. The van der Waals surface area contributed by atoms with Crippen LogP contribution in [0.3, 0.4) is 0 Å². The molecule has 0 aliphatic heterocycles. The van der Waals surface area contributed by atoms with Crippen molar-refractivity contribution in [3.8, 4) is 23.0 Å². The number of hydrogen-bond donors (Lipinski definition) is 2. The van der Waals surface area contributed by atoms with Crippen LogP contribution in [0, 0.1) is 0 Å². The van der Waals surface area contributed by atoms with E-state index in [1.807, 2.05) is 0 Å². The maximum atomic E-state index is 6.17. The zero-order chi connectivity index (χ0) is 19.7. The maximum absolute atomic E-state index is 6.17. The van der Waals surface area contributed by atoms with E-state index in [1.165, 1.54) is 0 Å². The highest BCUT2D eigenvalue weighted by Gasteiger charge is 2.13. The monoisotopic (exact) mass is 462 g/mol. The lowest BCUT2D eigenvalue weighted by Crippen LogP contribution is -1.94. The van der Waals surface area contributed by atoms with Crippen molar-refractivity contribution in [3.05, 3.63) is 67.6 Å². The molecule has 0 aromatic heterocycles. The van der Waals surface area contributed by atoms with Crippen LogP contribution in [-0.4, -0.2) is 0 Å². The van der Waals surface area contributed by atoms with Gasteiger partial charge in [-0.15, -0.1) is 0 Å². The first-order chi connectivity index (χ1) is 12.8. The molecule has 0 fully saturated rings. The lowest BCUT2D eigenvalue weighted by atomic mass is 10.2. The summed E-state index contributed by atoms with van der Waals surface area (Å²) in [4.78, 5) is 0. The van der Waals surface area contributed by atoms with E-state index in [9.17, 15) is 0 Å². The van der Waals surface area contributed by atoms with Crippen molar-refractivity contribution in [2.75, 3.05) is 11.5 Å². The largest absolute Gasteiger partial charge is 0.456 e. The minimum absolute atomic E-state index is 0.193. The summed E-state index contributed by atoms with van der Waals surface area (Å²) in [6, 6.07) is 11.1. The SMILES string of the molecule is Nc1c(Cl)ccc(Oc2cc(Cl)cc(Oc3ccc(Cl)c(N)c3Cl)c2)c1Cl. The average molecular weight is 465 g/mol. The van der Waals surface area contributed by atoms with Crippen molar-refractivity contribution in [3.63, 3.8) is 0 Å². The number of anilines is 2. The molecule has 3 aromatic rings. The van der Waals surface area contributed by atoms with Gasteiger partial charge in [0.05, 0.1) is 21.4 Å². The van der Waals surface area contributed by atoms with Crippen LogP contribution in [0.4, 0.5) is 11.4 Å². The van der Waals surface area contributed by atoms with E-state index in [-0.39, 0.29) is 21.4 Å². The van der Waals surface area contributed by atoms with Gasteiger partial charge in [0.15, 0.2) is 0 Å². The van der Waals surface area contributed by atoms with Crippen LogP contribution in [0.15, 0.2) is 42.5 Å². The Labute approximate surface area is 180 Å². The van der Waals surface area contributed by atoms with E-state index in [0.29, 0.717) is 38.1 Å². The summed E-state index contributed by atoms with van der Waals surface area (Å²) in [6.07, 6.45) is 0. The molecule has 0 bridgehead atoms. The predicted octanol–water partition coefficient (Wildman–Crippen LogP) is 7.70. The third-order valence-corrected chi connectivity index (χ3v) is 5.14. The van der Waals surface area contributed by atoms with E-state index in [2.05, 4.69) is 0 Å². The molecule has 3 rings (SSSR count). The second-order valence-corrected chi connectivity index (χ2v) is 7.38. The van der Waals surface area contributed by atoms with Crippen molar-refractivity contribution >= 4 is 69.4 Å². The summed E-state index contributed by atoms with van der Waals surface area (Å²) in [5, 5.41) is 1.42. The van der Waals surface area contributed by atoms with Crippen LogP contribution in [0.1, 0.15) is 0 Å². The van der Waals surface area contributed by atoms with Gasteiger partial charge in [0, 0.05) is 11.1 Å². The van der Waals surface area contributed by atoms with Crippen LogP contribution in [0.2, 0.25) is 25.1 Å². The minimum Gasteiger partial charge on any atom is -0.456 e. The Balaban J connectivity index is 1.91. The third kappa shape index (κ3) is 4.42. The first kappa shape index (κ1) is 20.1. The number of nitrogens with two attached hydrogens (primary N) is 2. The third-order valence-electron chi connectivity index (χ3n) is 3.48. The first-order valence-corrected chi connectivity index (χ1v) is 9.28. The lowest BCUT2D eigenvalue weighted by molar-refractivity contribution is 0.461. The fraction of sp³-hybridized carbons (Fsp3) is 0. The number of ether oxygens (including phenoxy) is 2. The van der Waals surface area contributed by atoms with Crippen LogP contribution in [-0.2, 0) is 0 Å². The fourth-order valence-corrected chi connectivity index (χ4v) is 3.20. The van der Waals surface area contributed by atoms with Gasteiger partial charge in [-0.05, 0) is 36.4 Å². The maximum Gasteiger partial charge on any atom is 0.148 e. The summed E-state index contributed by atoms with van der Waals surface area (Å²) >= 11 is 30.4. The second-order valence-electron chi connectivity index (χ2n) is 5.37. The molecule has 0 aliphatic rings. The summed E-state index contributed by atoms with van der Waals surface area (Å²) < 4.78 is 11.5. The van der Waals surface area contributed by atoms with Crippen LogP contribution < -0.4 is 20.9 Å². The number of nitrogen functional groups attached to an aromatic ring is 2. The molecule has 4 N–H and O–H groups in total. The topological polar surface area (TPSA) is 70.5 Å². The molecular weight excluding hydrogens is 453 g/mol. The number of halogens is 5. The van der Waals surface area contributed by atoms with Gasteiger partial charge in [-0.3, -0.25) is 0 Å². The summed E-state index contributed by atoms with van der Waals surface area (Å²) in [7, 11) is 0. The molecule has 140 valence electrons. The normalized spacial score (nSPS) is 10.7. The molecule has 0 saturated heterocycles. The standard InChI is InChI=1S/C18H11Cl5N2O2/c19-8-5-9(26-13-3-1-11(20)17(24)15(13)22)7-10(6-8)27-14-4-2-12(21)18(25)16(14)23/h1-7H,24-25H2. The van der Waals surface area contributed by atoms with Crippen molar-refractivity contribution in [2.24, 2.45) is 0 Å². The Bertz CT molecular complexity index is 949. The molecule has 3 aromatic carbocycles. The van der Waals surface area contributed by atoms with E-state index in [1.54, 1.807) is 42.5 Å². The molecule has 9 heteroatoms. The van der Waals surface area contributed by atoms with E-state index in [4.69, 9.17) is 78.9 Å². The van der Waals surface area contributed by atoms with E-state index in [0.717, 1.165) is 0 Å². The zero-order valence-corrected chi connectivity index (χ0v) is 17.2. The Morgan fingerprint density at radius 2 is 1.00 bits per heavy atom.